The van der Waals surface area contributed by atoms with E-state index in [1.165, 1.54) is 0 Å². The Morgan fingerprint density at radius 1 is 0.875 bits per heavy atom. The van der Waals surface area contributed by atoms with Crippen molar-refractivity contribution in [2.45, 2.75) is 39.3 Å². The van der Waals surface area contributed by atoms with Crippen LogP contribution in [0.2, 0.25) is 0 Å². The molecule has 32 heavy (non-hydrogen) atoms. The van der Waals surface area contributed by atoms with Crippen LogP contribution in [-0.4, -0.2) is 93.9 Å². The van der Waals surface area contributed by atoms with Crippen LogP contribution in [0.15, 0.2) is 24.3 Å². The number of amides is 5. The van der Waals surface area contributed by atoms with Crippen LogP contribution in [-0.2, 0) is 14.4 Å². The fourth-order valence-electron chi connectivity index (χ4n) is 4.74. The number of hydrogen-bond acceptors (Lipinski definition) is 5. The third kappa shape index (κ3) is 3.65. The summed E-state index contributed by atoms with van der Waals surface area (Å²) < 4.78 is 0. The molecule has 1 aromatic carbocycles. The van der Waals surface area contributed by atoms with Crippen LogP contribution in [0.25, 0.3) is 0 Å². The van der Waals surface area contributed by atoms with Gasteiger partial charge in [0.15, 0.2) is 0 Å². The molecule has 1 aromatic rings. The summed E-state index contributed by atoms with van der Waals surface area (Å²) in [6.07, 6.45) is 0.229. The highest BCUT2D eigenvalue weighted by atomic mass is 16.2. The van der Waals surface area contributed by atoms with Gasteiger partial charge >= 0.3 is 0 Å². The standard InChI is InChI=1S/C23H28N4O5/c1-14(2)26-13-16(12-19(26)28)21(30)25-10-8-24(9-11-25)20(29)15(3)27-22(31)17-6-4-5-7-18(17)23(27)32/h4-7,14-16H,8-13H2,1-3H3. The zero-order valence-corrected chi connectivity index (χ0v) is 18.6. The highest BCUT2D eigenvalue weighted by molar-refractivity contribution is 6.22. The Hall–Kier alpha value is -3.23. The van der Waals surface area contributed by atoms with Gasteiger partial charge in [0.1, 0.15) is 6.04 Å². The van der Waals surface area contributed by atoms with E-state index in [0.717, 1.165) is 4.90 Å². The van der Waals surface area contributed by atoms with E-state index in [0.29, 0.717) is 43.9 Å². The summed E-state index contributed by atoms with van der Waals surface area (Å²) in [5.74, 6) is -1.62. The lowest BCUT2D eigenvalue weighted by molar-refractivity contribution is -0.143. The van der Waals surface area contributed by atoms with Crippen molar-refractivity contribution in [3.05, 3.63) is 35.4 Å². The number of rotatable bonds is 4. The van der Waals surface area contributed by atoms with Crippen LogP contribution in [0.4, 0.5) is 0 Å². The van der Waals surface area contributed by atoms with Crippen LogP contribution < -0.4 is 0 Å². The quantitative estimate of drug-likeness (QED) is 0.639. The summed E-state index contributed by atoms with van der Waals surface area (Å²) in [7, 11) is 0. The monoisotopic (exact) mass is 440 g/mol. The first-order chi connectivity index (χ1) is 15.2. The van der Waals surface area contributed by atoms with E-state index >= 15 is 0 Å². The molecule has 2 fully saturated rings. The lowest BCUT2D eigenvalue weighted by Crippen LogP contribution is -2.56. The summed E-state index contributed by atoms with van der Waals surface area (Å²) in [6.45, 7) is 7.25. The molecule has 0 bridgehead atoms. The van der Waals surface area contributed by atoms with Gasteiger partial charge in [0.25, 0.3) is 11.8 Å². The minimum Gasteiger partial charge on any atom is -0.339 e. The molecule has 3 aliphatic rings. The third-order valence-electron chi connectivity index (χ3n) is 6.60. The molecule has 9 nitrogen and oxygen atoms in total. The Labute approximate surface area is 186 Å². The van der Waals surface area contributed by atoms with Crippen LogP contribution in [0.1, 0.15) is 47.9 Å². The van der Waals surface area contributed by atoms with Gasteiger partial charge in [0.05, 0.1) is 17.0 Å². The molecule has 2 atom stereocenters. The molecule has 5 amide bonds. The number of likely N-dealkylation sites (tertiary alicyclic amines) is 1. The number of carbonyl (C=O) groups excluding carboxylic acids is 5. The Kier molecular flexibility index (Phi) is 5.75. The van der Waals surface area contributed by atoms with Gasteiger partial charge in [-0.1, -0.05) is 12.1 Å². The van der Waals surface area contributed by atoms with Gasteiger partial charge in [-0.3, -0.25) is 28.9 Å². The molecule has 9 heteroatoms. The SMILES string of the molecule is CC(C)N1CC(C(=O)N2CCN(C(=O)C(C)N3C(=O)c4ccccc4C3=O)CC2)CC1=O. The van der Waals surface area contributed by atoms with Crippen molar-refractivity contribution in [3.8, 4) is 0 Å². The van der Waals surface area contributed by atoms with E-state index < -0.39 is 17.9 Å². The molecule has 3 aliphatic heterocycles. The molecule has 0 spiro atoms. The van der Waals surface area contributed by atoms with Crippen molar-refractivity contribution in [3.63, 3.8) is 0 Å². The van der Waals surface area contributed by atoms with E-state index in [2.05, 4.69) is 0 Å². The molecule has 170 valence electrons. The highest BCUT2D eigenvalue weighted by Crippen LogP contribution is 2.26. The van der Waals surface area contributed by atoms with Crippen molar-refractivity contribution in [1.29, 1.82) is 0 Å². The van der Waals surface area contributed by atoms with Crippen molar-refractivity contribution >= 4 is 29.5 Å². The minimum atomic E-state index is -0.920. The van der Waals surface area contributed by atoms with Crippen molar-refractivity contribution in [2.24, 2.45) is 5.92 Å². The number of imide groups is 1. The predicted octanol–water partition coefficient (Wildman–Crippen LogP) is 0.599. The third-order valence-corrected chi connectivity index (χ3v) is 6.60. The van der Waals surface area contributed by atoms with E-state index in [1.807, 2.05) is 13.8 Å². The van der Waals surface area contributed by atoms with Crippen LogP contribution in [0, 0.1) is 5.92 Å². The Morgan fingerprint density at radius 2 is 1.41 bits per heavy atom. The van der Waals surface area contributed by atoms with Gasteiger partial charge < -0.3 is 14.7 Å². The summed E-state index contributed by atoms with van der Waals surface area (Å²) >= 11 is 0. The summed E-state index contributed by atoms with van der Waals surface area (Å²) in [6, 6.07) is 5.70. The first kappa shape index (κ1) is 22.0. The fourth-order valence-corrected chi connectivity index (χ4v) is 4.74. The molecule has 2 saturated heterocycles. The molecule has 0 radical (unpaired) electrons. The predicted molar refractivity (Wildman–Crippen MR) is 115 cm³/mol. The maximum absolute atomic E-state index is 13.0. The zero-order valence-electron chi connectivity index (χ0n) is 18.6. The van der Waals surface area contributed by atoms with Crippen LogP contribution in [0.5, 0.6) is 0 Å². The lowest BCUT2D eigenvalue weighted by Gasteiger charge is -2.37. The topological polar surface area (TPSA) is 98.3 Å². The Bertz CT molecular complexity index is 947. The summed E-state index contributed by atoms with van der Waals surface area (Å²) in [4.78, 5) is 69.5. The second-order valence-electron chi connectivity index (χ2n) is 8.89. The molecule has 0 N–H and O–H groups in total. The average molecular weight is 441 g/mol. The second kappa shape index (κ2) is 8.37. The Balaban J connectivity index is 1.35. The highest BCUT2D eigenvalue weighted by Gasteiger charge is 2.43. The normalized spacial score (nSPS) is 22.1. The minimum absolute atomic E-state index is 0.00179. The molecule has 0 aromatic heterocycles. The van der Waals surface area contributed by atoms with Gasteiger partial charge in [0.2, 0.25) is 17.7 Å². The zero-order chi connectivity index (χ0) is 23.2. The van der Waals surface area contributed by atoms with E-state index in [4.69, 9.17) is 0 Å². The number of piperazine rings is 1. The first-order valence-electron chi connectivity index (χ1n) is 11.0. The van der Waals surface area contributed by atoms with E-state index in [1.54, 1.807) is 45.9 Å². The van der Waals surface area contributed by atoms with Crippen LogP contribution in [0.3, 0.4) is 0 Å². The molecule has 2 unspecified atom stereocenters. The molecular formula is C23H28N4O5. The maximum atomic E-state index is 13.0. The van der Waals surface area contributed by atoms with Crippen molar-refractivity contribution in [1.82, 2.24) is 19.6 Å². The molecule has 0 aliphatic carbocycles. The summed E-state index contributed by atoms with van der Waals surface area (Å²) in [5, 5.41) is 0. The van der Waals surface area contributed by atoms with Crippen molar-refractivity contribution in [2.75, 3.05) is 32.7 Å². The van der Waals surface area contributed by atoms with Gasteiger partial charge in [-0.25, -0.2) is 0 Å². The van der Waals surface area contributed by atoms with Crippen molar-refractivity contribution < 1.29 is 24.0 Å². The molecule has 3 heterocycles. The maximum Gasteiger partial charge on any atom is 0.262 e. The lowest BCUT2D eigenvalue weighted by atomic mass is 10.1. The number of carbonyl (C=O) groups is 5. The number of hydrogen-bond donors (Lipinski definition) is 0. The number of benzene rings is 1. The van der Waals surface area contributed by atoms with Gasteiger partial charge in [-0.15, -0.1) is 0 Å². The summed E-state index contributed by atoms with van der Waals surface area (Å²) in [5.41, 5.74) is 0.628. The second-order valence-corrected chi connectivity index (χ2v) is 8.89. The molecule has 4 rings (SSSR count). The number of nitrogens with zero attached hydrogens (tertiary/aromatic N) is 4. The largest absolute Gasteiger partial charge is 0.339 e. The Morgan fingerprint density at radius 3 is 1.91 bits per heavy atom. The number of fused-ring (bicyclic) bond motifs is 1. The molecular weight excluding hydrogens is 412 g/mol. The van der Waals surface area contributed by atoms with Gasteiger partial charge in [0, 0.05) is 45.2 Å². The fraction of sp³-hybridized carbons (Fsp3) is 0.522. The van der Waals surface area contributed by atoms with E-state index in [9.17, 15) is 24.0 Å². The average Bonchev–Trinajstić information content (AvgIpc) is 3.30. The van der Waals surface area contributed by atoms with E-state index in [-0.39, 0.29) is 36.1 Å². The molecule has 0 saturated carbocycles. The van der Waals surface area contributed by atoms with Gasteiger partial charge in [-0.2, -0.15) is 0 Å². The smallest absolute Gasteiger partial charge is 0.262 e. The first-order valence-corrected chi connectivity index (χ1v) is 11.0. The van der Waals surface area contributed by atoms with Crippen LogP contribution >= 0.6 is 0 Å². The van der Waals surface area contributed by atoms with Gasteiger partial charge in [-0.05, 0) is 32.9 Å².